The molecule has 6 heteroatoms. The Kier molecular flexibility index (Phi) is 6.16. The Balaban J connectivity index is 3.44. The van der Waals surface area contributed by atoms with Gasteiger partial charge in [-0.1, -0.05) is 30.9 Å². The molecule has 0 fully saturated rings. The van der Waals surface area contributed by atoms with Crippen molar-refractivity contribution >= 4 is 36.7 Å². The highest BCUT2D eigenvalue weighted by Gasteiger charge is 2.49. The summed E-state index contributed by atoms with van der Waals surface area (Å²) in [6.07, 6.45) is 1.85. The van der Waals surface area contributed by atoms with Gasteiger partial charge in [-0.3, -0.25) is 0 Å². The van der Waals surface area contributed by atoms with Crippen LogP contribution < -0.4 is 5.19 Å². The molecule has 3 nitrogen and oxygen atoms in total. The van der Waals surface area contributed by atoms with Crippen LogP contribution in [-0.4, -0.2) is 32.5 Å². The average molecular weight is 355 g/mol. The smallest absolute Gasteiger partial charge is 0.413 e. The van der Waals surface area contributed by atoms with Crippen molar-refractivity contribution < 1.29 is 12.7 Å². The van der Waals surface area contributed by atoms with E-state index in [1.54, 1.807) is 7.11 Å². The van der Waals surface area contributed by atoms with E-state index in [1.165, 1.54) is 0 Å². The molecule has 0 atom stereocenters. The lowest BCUT2D eigenvalue weighted by Crippen LogP contribution is -2.64. The number of benzene rings is 1. The zero-order valence-electron chi connectivity index (χ0n) is 15.2. The van der Waals surface area contributed by atoms with Crippen LogP contribution >= 0.6 is 0 Å². The molecule has 0 amide bonds. The summed E-state index contributed by atoms with van der Waals surface area (Å²) in [4.78, 5) is 0. The van der Waals surface area contributed by atoms with E-state index < -0.39 is 25.4 Å². The van der Waals surface area contributed by atoms with E-state index in [0.717, 1.165) is 16.3 Å². The molecule has 0 saturated heterocycles. The van der Waals surface area contributed by atoms with Crippen molar-refractivity contribution in [2.75, 3.05) is 7.11 Å². The van der Waals surface area contributed by atoms with Crippen molar-refractivity contribution in [3.05, 3.63) is 35.9 Å². The fourth-order valence-corrected chi connectivity index (χ4v) is 11.9. The summed E-state index contributed by atoms with van der Waals surface area (Å²) in [5, 5.41) is 1.07. The van der Waals surface area contributed by atoms with Gasteiger partial charge in [-0.05, 0) is 57.3 Å². The van der Waals surface area contributed by atoms with Gasteiger partial charge < -0.3 is 12.7 Å². The first-order valence-electron chi connectivity index (χ1n) is 7.61. The van der Waals surface area contributed by atoms with Gasteiger partial charge in [0.25, 0.3) is 0 Å². The van der Waals surface area contributed by atoms with Crippen LogP contribution in [0.5, 0.6) is 0 Å². The van der Waals surface area contributed by atoms with Crippen LogP contribution in [0.25, 0.3) is 6.08 Å². The largest absolute Gasteiger partial charge is 0.516 e. The Morgan fingerprint density at radius 2 is 1.45 bits per heavy atom. The highest BCUT2D eigenvalue weighted by Crippen LogP contribution is 2.23. The predicted octanol–water partition coefficient (Wildman–Crippen LogP) is 4.13. The molecule has 0 aromatic heterocycles. The quantitative estimate of drug-likeness (QED) is 0.689. The molecule has 0 aliphatic carbocycles. The number of rotatable bonds is 7. The van der Waals surface area contributed by atoms with Crippen LogP contribution in [0.2, 0.25) is 39.3 Å². The molecular weight excluding hydrogens is 324 g/mol. The van der Waals surface area contributed by atoms with Crippen molar-refractivity contribution in [1.29, 1.82) is 0 Å². The maximum absolute atomic E-state index is 6.53. The van der Waals surface area contributed by atoms with Crippen LogP contribution in [0.15, 0.2) is 24.8 Å². The van der Waals surface area contributed by atoms with E-state index in [4.69, 9.17) is 12.7 Å². The molecule has 1 aromatic carbocycles. The van der Waals surface area contributed by atoms with Gasteiger partial charge in [0, 0.05) is 12.3 Å². The van der Waals surface area contributed by atoms with E-state index in [1.807, 2.05) is 6.08 Å². The van der Waals surface area contributed by atoms with Crippen LogP contribution in [0.3, 0.4) is 0 Å². The van der Waals surface area contributed by atoms with Crippen molar-refractivity contribution in [2.24, 2.45) is 0 Å². The number of aryl methyl sites for hydroxylation is 1. The molecule has 0 bridgehead atoms. The molecule has 1 aromatic rings. The first kappa shape index (κ1) is 19.5. The van der Waals surface area contributed by atoms with Gasteiger partial charge in [-0.25, -0.2) is 0 Å². The van der Waals surface area contributed by atoms with Gasteiger partial charge in [0.1, 0.15) is 0 Å². The Morgan fingerprint density at radius 1 is 0.955 bits per heavy atom. The molecule has 0 N–H and O–H groups in total. The molecule has 22 heavy (non-hydrogen) atoms. The molecule has 0 radical (unpaired) electrons. The normalized spacial score (nSPS) is 13.3. The van der Waals surface area contributed by atoms with E-state index in [0.29, 0.717) is 0 Å². The average Bonchev–Trinajstić information content (AvgIpc) is 2.34. The summed E-state index contributed by atoms with van der Waals surface area (Å²) in [5.41, 5.74) is 2.24. The Hall–Kier alpha value is -0.509. The summed E-state index contributed by atoms with van der Waals surface area (Å²) >= 11 is 0. The molecule has 0 saturated carbocycles. The zero-order chi connectivity index (χ0) is 17.2. The highest BCUT2D eigenvalue weighted by atomic mass is 28.5. The third-order valence-corrected chi connectivity index (χ3v) is 11.8. The Morgan fingerprint density at radius 3 is 1.77 bits per heavy atom. The molecule has 0 aliphatic heterocycles. The predicted molar refractivity (Wildman–Crippen MR) is 103 cm³/mol. The van der Waals surface area contributed by atoms with E-state index in [2.05, 4.69) is 71.0 Å². The molecular formula is C16H30O3Si3. The summed E-state index contributed by atoms with van der Waals surface area (Å²) in [7, 11) is -4.85. The SMILES string of the molecule is C=Cc1ccc([Si](OC)(O[Si](C)(C)C)O[Si](C)(C)C)c(C)c1. The summed E-state index contributed by atoms with van der Waals surface area (Å²) in [6, 6.07) is 6.25. The molecule has 0 spiro atoms. The first-order chi connectivity index (χ1) is 9.92. The lowest BCUT2D eigenvalue weighted by Gasteiger charge is -2.39. The van der Waals surface area contributed by atoms with Crippen LogP contribution in [0.1, 0.15) is 11.1 Å². The zero-order valence-corrected chi connectivity index (χ0v) is 18.2. The molecule has 0 unspecified atom stereocenters. The maximum atomic E-state index is 6.53. The molecule has 1 rings (SSSR count). The third-order valence-electron chi connectivity index (χ3n) is 2.97. The second-order valence-corrected chi connectivity index (χ2v) is 19.6. The lowest BCUT2D eigenvalue weighted by molar-refractivity contribution is 0.217. The topological polar surface area (TPSA) is 27.7 Å². The van der Waals surface area contributed by atoms with Crippen molar-refractivity contribution in [3.63, 3.8) is 0 Å². The number of hydrogen-bond donors (Lipinski definition) is 0. The van der Waals surface area contributed by atoms with Crippen molar-refractivity contribution in [3.8, 4) is 0 Å². The van der Waals surface area contributed by atoms with Crippen molar-refractivity contribution in [2.45, 2.75) is 46.2 Å². The number of hydrogen-bond acceptors (Lipinski definition) is 3. The minimum atomic E-state index is -2.91. The minimum absolute atomic E-state index is 1.07. The van der Waals surface area contributed by atoms with Crippen molar-refractivity contribution in [1.82, 2.24) is 0 Å². The van der Waals surface area contributed by atoms with E-state index in [-0.39, 0.29) is 0 Å². The van der Waals surface area contributed by atoms with Crippen LogP contribution in [0.4, 0.5) is 0 Å². The van der Waals surface area contributed by atoms with Gasteiger partial charge in [0.05, 0.1) is 0 Å². The minimum Gasteiger partial charge on any atom is -0.413 e. The summed E-state index contributed by atoms with van der Waals surface area (Å²) in [5.74, 6) is 0. The van der Waals surface area contributed by atoms with Gasteiger partial charge >= 0.3 is 8.80 Å². The fourth-order valence-electron chi connectivity index (χ4n) is 2.29. The van der Waals surface area contributed by atoms with Crippen LogP contribution in [0, 0.1) is 6.92 Å². The second-order valence-electron chi connectivity index (χ2n) is 7.47. The summed E-state index contributed by atoms with van der Waals surface area (Å²) in [6.45, 7) is 19.0. The van der Waals surface area contributed by atoms with Crippen LogP contribution in [-0.2, 0) is 12.7 Å². The van der Waals surface area contributed by atoms with Gasteiger partial charge in [0.15, 0.2) is 16.6 Å². The van der Waals surface area contributed by atoms with Gasteiger partial charge in [-0.15, -0.1) is 0 Å². The van der Waals surface area contributed by atoms with E-state index >= 15 is 0 Å². The molecule has 0 heterocycles. The monoisotopic (exact) mass is 354 g/mol. The second kappa shape index (κ2) is 6.94. The maximum Gasteiger partial charge on any atom is 0.516 e. The third kappa shape index (κ3) is 5.29. The lowest BCUT2D eigenvalue weighted by atomic mass is 10.1. The van der Waals surface area contributed by atoms with Gasteiger partial charge in [0.2, 0.25) is 0 Å². The Bertz CT molecular complexity index is 514. The standard InChI is InChI=1S/C16H30O3Si3/c1-10-15-11-12-16(14(2)13-15)22(17-3,18-20(4,5)6)19-21(7,8)9/h10-13H,1H2,2-9H3. The molecule has 0 aliphatic rings. The fraction of sp³-hybridized carbons (Fsp3) is 0.500. The molecule has 124 valence electrons. The summed E-state index contributed by atoms with van der Waals surface area (Å²) < 4.78 is 19.0. The first-order valence-corrected chi connectivity index (χ1v) is 16.2. The van der Waals surface area contributed by atoms with Gasteiger partial charge in [-0.2, -0.15) is 0 Å². The van der Waals surface area contributed by atoms with E-state index in [9.17, 15) is 0 Å². The highest BCUT2D eigenvalue weighted by molar-refractivity contribution is 6.91. The Labute approximate surface area is 138 Å².